The Morgan fingerprint density at radius 2 is 1.14 bits per heavy atom. The quantitative estimate of drug-likeness (QED) is 0.176. The third-order valence-corrected chi connectivity index (χ3v) is 10.7. The lowest BCUT2D eigenvalue weighted by atomic mass is 10.2. The van der Waals surface area contributed by atoms with Gasteiger partial charge in [0.25, 0.3) is 0 Å². The first kappa shape index (κ1) is 26.6. The lowest BCUT2D eigenvalue weighted by molar-refractivity contribution is -0.137. The van der Waals surface area contributed by atoms with Crippen molar-refractivity contribution in [2.75, 3.05) is 0 Å². The highest BCUT2D eigenvalue weighted by atomic mass is 32.3. The van der Waals surface area contributed by atoms with Crippen molar-refractivity contribution >= 4 is 26.2 Å². The zero-order valence-electron chi connectivity index (χ0n) is 19.3. The van der Waals surface area contributed by atoms with Crippen molar-refractivity contribution in [3.63, 3.8) is 0 Å². The van der Waals surface area contributed by atoms with E-state index in [9.17, 15) is 30.8 Å². The molecule has 0 saturated carbocycles. The van der Waals surface area contributed by atoms with Crippen LogP contribution in [0.4, 0.5) is 17.6 Å². The SMILES string of the molecule is CC(=O)c1ccc(S(OS(=O)(=O)c2ccc(C(F)(F)F)cc2)(c2ccccc2)c2ccc(F)cc2)cc1. The van der Waals surface area contributed by atoms with Gasteiger partial charge in [-0.05, 0) is 90.0 Å². The van der Waals surface area contributed by atoms with Gasteiger partial charge in [0, 0.05) is 20.2 Å². The van der Waals surface area contributed by atoms with E-state index in [1.807, 2.05) is 0 Å². The number of hydrogen-bond donors (Lipinski definition) is 0. The number of hydrogen-bond acceptors (Lipinski definition) is 4. The molecule has 4 aromatic rings. The zero-order valence-corrected chi connectivity index (χ0v) is 20.9. The molecule has 0 aliphatic heterocycles. The average molecular weight is 549 g/mol. The highest BCUT2D eigenvalue weighted by Gasteiger charge is 2.39. The fourth-order valence-electron chi connectivity index (χ4n) is 3.63. The molecule has 0 fully saturated rings. The average Bonchev–Trinajstić information content (AvgIpc) is 2.88. The van der Waals surface area contributed by atoms with Gasteiger partial charge in [0.05, 0.1) is 10.5 Å². The van der Waals surface area contributed by atoms with E-state index in [1.165, 1.54) is 31.2 Å². The van der Waals surface area contributed by atoms with Gasteiger partial charge in [-0.3, -0.25) is 4.79 Å². The number of carbonyl (C=O) groups excluding carboxylic acids is 1. The van der Waals surface area contributed by atoms with Crippen LogP contribution in [0.5, 0.6) is 0 Å². The molecule has 4 aromatic carbocycles. The molecule has 0 aromatic heterocycles. The van der Waals surface area contributed by atoms with E-state index in [4.69, 9.17) is 3.63 Å². The van der Waals surface area contributed by atoms with Crippen molar-refractivity contribution in [1.29, 1.82) is 0 Å². The van der Waals surface area contributed by atoms with E-state index in [-0.39, 0.29) is 5.78 Å². The topological polar surface area (TPSA) is 60.4 Å². The normalized spacial score (nSPS) is 14.5. The molecule has 37 heavy (non-hydrogen) atoms. The van der Waals surface area contributed by atoms with Crippen LogP contribution < -0.4 is 0 Å². The molecule has 0 radical (unpaired) electrons. The summed E-state index contributed by atoms with van der Waals surface area (Å²) >= 11 is 0. The molecular weight excluding hydrogens is 528 g/mol. The maximum atomic E-state index is 13.9. The molecule has 0 N–H and O–H groups in total. The number of ketones is 1. The summed E-state index contributed by atoms with van der Waals surface area (Å²) in [5.74, 6) is -0.755. The van der Waals surface area contributed by atoms with E-state index >= 15 is 0 Å². The molecule has 1 atom stereocenters. The van der Waals surface area contributed by atoms with E-state index in [1.54, 1.807) is 42.5 Å². The second kappa shape index (κ2) is 10.1. The minimum Gasteiger partial charge on any atom is -0.295 e. The zero-order chi connectivity index (χ0) is 26.8. The van der Waals surface area contributed by atoms with Crippen molar-refractivity contribution in [2.45, 2.75) is 32.7 Å². The van der Waals surface area contributed by atoms with Crippen LogP contribution in [0, 0.1) is 5.82 Å². The Balaban J connectivity index is 1.96. The maximum absolute atomic E-state index is 13.9. The molecular formula is C27H20F4O4S2. The molecule has 0 amide bonds. The lowest BCUT2D eigenvalue weighted by Gasteiger charge is -2.39. The molecule has 0 heterocycles. The number of carbonyl (C=O) groups is 1. The number of halogens is 4. The van der Waals surface area contributed by atoms with E-state index in [0.29, 0.717) is 32.4 Å². The molecule has 0 aliphatic carbocycles. The summed E-state index contributed by atoms with van der Waals surface area (Å²) in [6.07, 6.45) is -4.64. The Kier molecular flexibility index (Phi) is 7.27. The van der Waals surface area contributed by atoms with Gasteiger partial charge in [0.2, 0.25) is 0 Å². The second-order valence-electron chi connectivity index (χ2n) is 7.95. The monoisotopic (exact) mass is 548 g/mol. The summed E-state index contributed by atoms with van der Waals surface area (Å²) in [7, 11) is -7.78. The van der Waals surface area contributed by atoms with Gasteiger partial charge in [0.15, 0.2) is 5.78 Å². The molecule has 4 rings (SSSR count). The van der Waals surface area contributed by atoms with Crippen molar-refractivity contribution in [3.05, 3.63) is 120 Å². The summed E-state index contributed by atoms with van der Waals surface area (Å²) in [5.41, 5.74) is -0.624. The predicted octanol–water partition coefficient (Wildman–Crippen LogP) is 7.65. The van der Waals surface area contributed by atoms with Crippen molar-refractivity contribution in [3.8, 4) is 0 Å². The van der Waals surface area contributed by atoms with E-state index in [0.717, 1.165) is 24.3 Å². The van der Waals surface area contributed by atoms with Crippen molar-refractivity contribution in [1.82, 2.24) is 0 Å². The molecule has 192 valence electrons. The first-order valence-electron chi connectivity index (χ1n) is 10.8. The highest BCUT2D eigenvalue weighted by Crippen LogP contribution is 2.70. The Labute approximate surface area is 213 Å². The largest absolute Gasteiger partial charge is 0.416 e. The molecule has 0 aliphatic rings. The maximum Gasteiger partial charge on any atom is 0.416 e. The van der Waals surface area contributed by atoms with E-state index in [2.05, 4.69) is 0 Å². The Bertz CT molecular complexity index is 1500. The Hall–Kier alpha value is -3.47. The Morgan fingerprint density at radius 1 is 0.676 bits per heavy atom. The number of alkyl halides is 3. The van der Waals surface area contributed by atoms with Crippen LogP contribution in [0.25, 0.3) is 0 Å². The van der Waals surface area contributed by atoms with Crippen LogP contribution in [0.3, 0.4) is 0 Å². The first-order chi connectivity index (χ1) is 17.4. The van der Waals surface area contributed by atoms with Crippen LogP contribution in [0.2, 0.25) is 0 Å². The van der Waals surface area contributed by atoms with Gasteiger partial charge in [-0.2, -0.15) is 21.6 Å². The van der Waals surface area contributed by atoms with Crippen molar-refractivity contribution < 1.29 is 34.4 Å². The van der Waals surface area contributed by atoms with Crippen LogP contribution in [-0.4, -0.2) is 14.2 Å². The molecule has 4 nitrogen and oxygen atoms in total. The number of benzene rings is 4. The summed E-state index contributed by atoms with van der Waals surface area (Å²) in [4.78, 5) is 12.5. The van der Waals surface area contributed by atoms with Gasteiger partial charge in [-0.1, -0.05) is 30.3 Å². The fourth-order valence-corrected chi connectivity index (χ4v) is 8.83. The minimum atomic E-state index is -4.65. The third kappa shape index (κ3) is 5.46. The van der Waals surface area contributed by atoms with Gasteiger partial charge in [-0.15, -0.1) is 0 Å². The molecule has 10 heteroatoms. The van der Waals surface area contributed by atoms with Crippen molar-refractivity contribution in [2.24, 2.45) is 0 Å². The Morgan fingerprint density at radius 3 is 1.62 bits per heavy atom. The minimum absolute atomic E-state index is 0.202. The van der Waals surface area contributed by atoms with Gasteiger partial charge >= 0.3 is 16.3 Å². The number of rotatable bonds is 7. The summed E-state index contributed by atoms with van der Waals surface area (Å²) < 4.78 is 86.1. The highest BCUT2D eigenvalue weighted by molar-refractivity contribution is 8.33. The summed E-state index contributed by atoms with van der Waals surface area (Å²) in [6, 6.07) is 22.7. The molecule has 0 bridgehead atoms. The van der Waals surface area contributed by atoms with Crippen LogP contribution in [0.1, 0.15) is 22.8 Å². The standard InChI is InChI=1S/C27H20F4O4S2/c1-19(32)20-7-13-24(14-8-20)36(23-5-3-2-4-6-23,25-17-11-22(28)12-18-25)35-37(33,34)26-15-9-21(10-16-26)27(29,30)31/h2-18H,1H3. The van der Waals surface area contributed by atoms with Crippen LogP contribution in [-0.2, 0) is 19.9 Å². The first-order valence-corrected chi connectivity index (χ1v) is 13.8. The van der Waals surface area contributed by atoms with E-state index < -0.39 is 42.9 Å². The molecule has 1 unspecified atom stereocenters. The molecule has 0 spiro atoms. The predicted molar refractivity (Wildman–Crippen MR) is 131 cm³/mol. The van der Waals surface area contributed by atoms with Gasteiger partial charge < -0.3 is 0 Å². The number of Topliss-reactive ketones (excluding diaryl/α,β-unsaturated/α-hetero) is 1. The summed E-state index contributed by atoms with van der Waals surface area (Å²) in [6.45, 7) is 1.39. The fraction of sp³-hybridized carbons (Fsp3) is 0.0741. The third-order valence-electron chi connectivity index (χ3n) is 5.48. The lowest BCUT2D eigenvalue weighted by Crippen LogP contribution is -2.15. The van der Waals surface area contributed by atoms with Crippen LogP contribution >= 0.6 is 10.3 Å². The van der Waals surface area contributed by atoms with Gasteiger partial charge in [0.1, 0.15) is 5.82 Å². The second-order valence-corrected chi connectivity index (χ2v) is 12.4. The van der Waals surface area contributed by atoms with Gasteiger partial charge in [-0.25, -0.2) is 8.02 Å². The molecule has 0 saturated heterocycles. The summed E-state index contributed by atoms with van der Waals surface area (Å²) in [5, 5.41) is 0. The van der Waals surface area contributed by atoms with Crippen LogP contribution in [0.15, 0.2) is 123 Å². The smallest absolute Gasteiger partial charge is 0.295 e.